The zero-order valence-electron chi connectivity index (χ0n) is 13.5. The molecule has 8 heteroatoms. The van der Waals surface area contributed by atoms with E-state index >= 15 is 0 Å². The molecule has 1 fully saturated rings. The van der Waals surface area contributed by atoms with Crippen LogP contribution in [0.2, 0.25) is 0 Å². The molecule has 0 saturated carbocycles. The van der Waals surface area contributed by atoms with E-state index in [-0.39, 0.29) is 18.1 Å². The summed E-state index contributed by atoms with van der Waals surface area (Å²) >= 11 is 0.824. The highest BCUT2D eigenvalue weighted by Gasteiger charge is 2.34. The molecule has 0 bridgehead atoms. The molecule has 1 saturated heterocycles. The van der Waals surface area contributed by atoms with E-state index in [1.165, 1.54) is 0 Å². The second-order valence-electron chi connectivity index (χ2n) is 4.87. The first-order valence-electron chi connectivity index (χ1n) is 7.33. The van der Waals surface area contributed by atoms with Gasteiger partial charge in [-0.1, -0.05) is 12.0 Å². The second-order valence-corrected chi connectivity index (χ2v) is 5.86. The third-order valence-electron chi connectivity index (χ3n) is 3.06. The van der Waals surface area contributed by atoms with Crippen molar-refractivity contribution in [1.29, 1.82) is 0 Å². The number of imide groups is 1. The van der Waals surface area contributed by atoms with Crippen LogP contribution in [0.5, 0.6) is 11.5 Å². The number of ether oxygens (including phenoxy) is 2. The van der Waals surface area contributed by atoms with Gasteiger partial charge in [0.2, 0.25) is 0 Å². The lowest BCUT2D eigenvalue weighted by molar-refractivity contribution is -0.122. The van der Waals surface area contributed by atoms with Gasteiger partial charge < -0.3 is 15.2 Å². The van der Waals surface area contributed by atoms with Crippen molar-refractivity contribution in [3.8, 4) is 23.8 Å². The van der Waals surface area contributed by atoms with Crippen LogP contribution in [0.3, 0.4) is 0 Å². The highest BCUT2D eigenvalue weighted by Crippen LogP contribution is 2.34. The van der Waals surface area contributed by atoms with Crippen LogP contribution >= 0.6 is 11.8 Å². The Morgan fingerprint density at radius 3 is 2.76 bits per heavy atom. The minimum absolute atomic E-state index is 0.0634. The van der Waals surface area contributed by atoms with Gasteiger partial charge in [0.05, 0.1) is 18.1 Å². The molecule has 1 aromatic rings. The molecule has 0 unspecified atom stereocenters. The molecule has 1 heterocycles. The lowest BCUT2D eigenvalue weighted by Crippen LogP contribution is -2.28. The van der Waals surface area contributed by atoms with Crippen LogP contribution in [-0.2, 0) is 9.59 Å². The Kier molecular flexibility index (Phi) is 6.08. The average molecular weight is 360 g/mol. The van der Waals surface area contributed by atoms with Gasteiger partial charge in [-0.2, -0.15) is 0 Å². The summed E-state index contributed by atoms with van der Waals surface area (Å²) in [4.78, 5) is 36.1. The molecule has 0 radical (unpaired) electrons. The number of rotatable bonds is 7. The molecule has 2 rings (SSSR count). The maximum absolute atomic E-state index is 12.2. The summed E-state index contributed by atoms with van der Waals surface area (Å²) in [5, 5.41) is -0.402. The second kappa shape index (κ2) is 8.26. The molecular weight excluding hydrogens is 344 g/mol. The lowest BCUT2D eigenvalue weighted by Gasteiger charge is -2.11. The van der Waals surface area contributed by atoms with Crippen molar-refractivity contribution in [3.63, 3.8) is 0 Å². The molecular formula is C17H16N2O5S. The predicted molar refractivity (Wildman–Crippen MR) is 93.8 cm³/mol. The summed E-state index contributed by atoms with van der Waals surface area (Å²) in [7, 11) is 0. The zero-order valence-corrected chi connectivity index (χ0v) is 14.3. The van der Waals surface area contributed by atoms with Gasteiger partial charge in [0.1, 0.15) is 0 Å². The summed E-state index contributed by atoms with van der Waals surface area (Å²) < 4.78 is 10.8. The van der Waals surface area contributed by atoms with E-state index in [1.54, 1.807) is 31.2 Å². The van der Waals surface area contributed by atoms with Crippen molar-refractivity contribution in [2.24, 2.45) is 5.73 Å². The molecule has 0 aliphatic carbocycles. The lowest BCUT2D eigenvalue weighted by atomic mass is 10.2. The smallest absolute Gasteiger partial charge is 0.294 e. The van der Waals surface area contributed by atoms with E-state index in [0.29, 0.717) is 23.7 Å². The van der Waals surface area contributed by atoms with Gasteiger partial charge in [-0.15, -0.1) is 6.42 Å². The number of thioether (sulfide) groups is 1. The number of carbonyl (C=O) groups excluding carboxylic acids is 3. The first-order chi connectivity index (χ1) is 12.0. The van der Waals surface area contributed by atoms with Crippen molar-refractivity contribution in [2.75, 3.05) is 19.8 Å². The van der Waals surface area contributed by atoms with Crippen molar-refractivity contribution in [1.82, 2.24) is 4.90 Å². The molecule has 3 amide bonds. The number of nitrogens with zero attached hydrogens (tertiary/aromatic N) is 1. The molecule has 25 heavy (non-hydrogen) atoms. The molecule has 1 aliphatic heterocycles. The highest BCUT2D eigenvalue weighted by molar-refractivity contribution is 8.18. The van der Waals surface area contributed by atoms with Gasteiger partial charge in [-0.3, -0.25) is 19.3 Å². The molecule has 1 aliphatic rings. The number of hydrogen-bond acceptors (Lipinski definition) is 6. The molecule has 130 valence electrons. The number of terminal acetylenes is 1. The number of primary amides is 1. The Morgan fingerprint density at radius 1 is 1.36 bits per heavy atom. The van der Waals surface area contributed by atoms with Gasteiger partial charge in [0.15, 0.2) is 18.1 Å². The standard InChI is InChI=1S/C17H16N2O5S/c1-3-7-19-16(21)14(25-17(19)22)9-11-5-6-12(24-10-15(18)20)13(8-11)23-4-2/h1,5-6,8-9H,4,7,10H2,2H3,(H2,18,20). The summed E-state index contributed by atoms with van der Waals surface area (Å²) in [6.45, 7) is 1.85. The van der Waals surface area contributed by atoms with Gasteiger partial charge in [-0.05, 0) is 42.5 Å². The third kappa shape index (κ3) is 4.55. The number of amides is 3. The number of hydrogen-bond donors (Lipinski definition) is 1. The van der Waals surface area contributed by atoms with Gasteiger partial charge >= 0.3 is 0 Å². The molecule has 0 spiro atoms. The predicted octanol–water partition coefficient (Wildman–Crippen LogP) is 1.62. The maximum Gasteiger partial charge on any atom is 0.294 e. The van der Waals surface area contributed by atoms with E-state index in [1.807, 2.05) is 0 Å². The average Bonchev–Trinajstić information content (AvgIpc) is 2.82. The topological polar surface area (TPSA) is 98.9 Å². The molecule has 0 atom stereocenters. The van der Waals surface area contributed by atoms with E-state index in [2.05, 4.69) is 5.92 Å². The summed E-state index contributed by atoms with van der Waals surface area (Å²) in [6.07, 6.45) is 6.73. The number of nitrogens with two attached hydrogens (primary N) is 1. The van der Waals surface area contributed by atoms with Crippen LogP contribution < -0.4 is 15.2 Å². The van der Waals surface area contributed by atoms with Crippen LogP contribution in [0, 0.1) is 12.3 Å². The monoisotopic (exact) mass is 360 g/mol. The minimum Gasteiger partial charge on any atom is -0.490 e. The Bertz CT molecular complexity index is 782. The van der Waals surface area contributed by atoms with Crippen molar-refractivity contribution in [2.45, 2.75) is 6.92 Å². The summed E-state index contributed by atoms with van der Waals surface area (Å²) in [5.41, 5.74) is 5.70. The van der Waals surface area contributed by atoms with Crippen molar-refractivity contribution < 1.29 is 23.9 Å². The molecule has 7 nitrogen and oxygen atoms in total. The largest absolute Gasteiger partial charge is 0.490 e. The Labute approximate surface area is 149 Å². The molecule has 1 aromatic carbocycles. The van der Waals surface area contributed by atoms with E-state index in [4.69, 9.17) is 21.6 Å². The van der Waals surface area contributed by atoms with Crippen LogP contribution in [0.4, 0.5) is 4.79 Å². The minimum atomic E-state index is -0.603. The van der Waals surface area contributed by atoms with E-state index in [0.717, 1.165) is 16.7 Å². The fourth-order valence-electron chi connectivity index (χ4n) is 2.03. The quantitative estimate of drug-likeness (QED) is 0.586. The van der Waals surface area contributed by atoms with Crippen LogP contribution in [0.15, 0.2) is 23.1 Å². The Morgan fingerprint density at radius 2 is 2.12 bits per heavy atom. The first-order valence-corrected chi connectivity index (χ1v) is 8.14. The van der Waals surface area contributed by atoms with Gasteiger partial charge in [0, 0.05) is 0 Å². The van der Waals surface area contributed by atoms with Gasteiger partial charge in [0.25, 0.3) is 17.1 Å². The Hall–Kier alpha value is -2.92. The van der Waals surface area contributed by atoms with Crippen molar-refractivity contribution >= 4 is 34.9 Å². The van der Waals surface area contributed by atoms with E-state index < -0.39 is 17.1 Å². The first kappa shape index (κ1) is 18.4. The van der Waals surface area contributed by atoms with Crippen LogP contribution in [0.25, 0.3) is 6.08 Å². The number of carbonyl (C=O) groups is 3. The SMILES string of the molecule is C#CCN1C(=O)SC(=Cc2ccc(OCC(N)=O)c(OCC)c2)C1=O. The fourth-order valence-corrected chi connectivity index (χ4v) is 2.87. The molecule has 2 N–H and O–H groups in total. The van der Waals surface area contributed by atoms with Crippen molar-refractivity contribution in [3.05, 3.63) is 28.7 Å². The number of benzene rings is 1. The van der Waals surface area contributed by atoms with E-state index in [9.17, 15) is 14.4 Å². The molecule has 0 aromatic heterocycles. The normalized spacial score (nSPS) is 15.4. The van der Waals surface area contributed by atoms with Crippen LogP contribution in [0.1, 0.15) is 12.5 Å². The maximum atomic E-state index is 12.2. The van der Waals surface area contributed by atoms with Gasteiger partial charge in [-0.25, -0.2) is 0 Å². The Balaban J connectivity index is 2.26. The summed E-state index contributed by atoms with van der Waals surface area (Å²) in [5.74, 6) is 2.01. The van der Waals surface area contributed by atoms with Crippen LogP contribution in [-0.4, -0.2) is 41.7 Å². The fraction of sp³-hybridized carbons (Fsp3) is 0.235. The third-order valence-corrected chi connectivity index (χ3v) is 3.97. The highest BCUT2D eigenvalue weighted by atomic mass is 32.2. The summed E-state index contributed by atoms with van der Waals surface area (Å²) in [6, 6.07) is 4.93. The zero-order chi connectivity index (χ0) is 18.4.